The molecule has 23 heavy (non-hydrogen) atoms. The first-order valence-corrected chi connectivity index (χ1v) is 8.39. The summed E-state index contributed by atoms with van der Waals surface area (Å²) < 4.78 is 0. The number of fused-ring (bicyclic) bond motifs is 1. The number of hydrogen-bond acceptors (Lipinski definition) is 4. The Kier molecular flexibility index (Phi) is 4.88. The maximum atomic E-state index is 12.1. The molecule has 3 aromatic rings. The highest BCUT2D eigenvalue weighted by Crippen LogP contribution is 2.20. The van der Waals surface area contributed by atoms with Crippen LogP contribution in [0.3, 0.4) is 0 Å². The molecule has 5 heteroatoms. The molecule has 3 rings (SSSR count). The lowest BCUT2D eigenvalue weighted by molar-refractivity contribution is -0.119. The van der Waals surface area contributed by atoms with E-state index in [4.69, 9.17) is 0 Å². The molecule has 116 valence electrons. The SMILES string of the molecule is CC(NC(=O)CSc1ncccn1)c1ccc2ccccc2c1. The van der Waals surface area contributed by atoms with Crippen LogP contribution in [0, 0.1) is 0 Å². The summed E-state index contributed by atoms with van der Waals surface area (Å²) >= 11 is 1.33. The van der Waals surface area contributed by atoms with Gasteiger partial charge in [0.15, 0.2) is 5.16 Å². The van der Waals surface area contributed by atoms with Gasteiger partial charge in [-0.1, -0.05) is 48.2 Å². The Morgan fingerprint density at radius 1 is 1.09 bits per heavy atom. The largest absolute Gasteiger partial charge is 0.349 e. The highest BCUT2D eigenvalue weighted by Gasteiger charge is 2.11. The molecule has 0 saturated carbocycles. The van der Waals surface area contributed by atoms with Crippen LogP contribution in [0.2, 0.25) is 0 Å². The van der Waals surface area contributed by atoms with Crippen molar-refractivity contribution in [1.82, 2.24) is 15.3 Å². The number of aromatic nitrogens is 2. The topological polar surface area (TPSA) is 54.9 Å². The van der Waals surface area contributed by atoms with Gasteiger partial charge in [-0.15, -0.1) is 0 Å². The number of carbonyl (C=O) groups excluding carboxylic acids is 1. The van der Waals surface area contributed by atoms with Gasteiger partial charge in [0.2, 0.25) is 5.91 Å². The summed E-state index contributed by atoms with van der Waals surface area (Å²) in [4.78, 5) is 20.3. The van der Waals surface area contributed by atoms with Gasteiger partial charge in [0.05, 0.1) is 11.8 Å². The first-order chi connectivity index (χ1) is 11.2. The predicted molar refractivity (Wildman–Crippen MR) is 93.3 cm³/mol. The average Bonchev–Trinajstić information content (AvgIpc) is 2.60. The summed E-state index contributed by atoms with van der Waals surface area (Å²) in [6, 6.07) is 16.2. The van der Waals surface area contributed by atoms with Crippen molar-refractivity contribution in [2.75, 3.05) is 5.75 Å². The van der Waals surface area contributed by atoms with Crippen molar-refractivity contribution in [2.24, 2.45) is 0 Å². The first kappa shape index (κ1) is 15.5. The van der Waals surface area contributed by atoms with Crippen molar-refractivity contribution in [3.63, 3.8) is 0 Å². The number of benzene rings is 2. The van der Waals surface area contributed by atoms with Crippen LogP contribution in [-0.2, 0) is 4.79 Å². The molecule has 0 saturated heterocycles. The van der Waals surface area contributed by atoms with Crippen molar-refractivity contribution in [2.45, 2.75) is 18.1 Å². The molecular formula is C18H17N3OS. The third-order valence-corrected chi connectivity index (χ3v) is 4.40. The Hall–Kier alpha value is -2.40. The smallest absolute Gasteiger partial charge is 0.230 e. The second-order valence-corrected chi connectivity index (χ2v) is 6.16. The summed E-state index contributed by atoms with van der Waals surface area (Å²) in [6.07, 6.45) is 3.34. The van der Waals surface area contributed by atoms with Gasteiger partial charge >= 0.3 is 0 Å². The Balaban J connectivity index is 1.61. The Morgan fingerprint density at radius 2 is 1.83 bits per heavy atom. The van der Waals surface area contributed by atoms with E-state index in [9.17, 15) is 4.79 Å². The molecule has 2 aromatic carbocycles. The van der Waals surface area contributed by atoms with Crippen molar-refractivity contribution in [3.05, 3.63) is 66.5 Å². The molecule has 1 amide bonds. The molecule has 0 bridgehead atoms. The fourth-order valence-electron chi connectivity index (χ4n) is 2.33. The zero-order valence-corrected chi connectivity index (χ0v) is 13.6. The molecule has 1 N–H and O–H groups in total. The molecule has 1 heterocycles. The molecule has 0 fully saturated rings. The summed E-state index contributed by atoms with van der Waals surface area (Å²) in [5.74, 6) is 0.283. The second-order valence-electron chi connectivity index (χ2n) is 5.22. The molecule has 4 nitrogen and oxygen atoms in total. The molecular weight excluding hydrogens is 306 g/mol. The molecule has 1 aromatic heterocycles. The lowest BCUT2D eigenvalue weighted by atomic mass is 10.0. The van der Waals surface area contributed by atoms with Gasteiger partial charge in [-0.3, -0.25) is 4.79 Å². The molecule has 0 aliphatic rings. The van der Waals surface area contributed by atoms with E-state index >= 15 is 0 Å². The lowest BCUT2D eigenvalue weighted by Crippen LogP contribution is -2.28. The summed E-state index contributed by atoms with van der Waals surface area (Å²) in [5, 5.41) is 6.01. The molecule has 0 aliphatic heterocycles. The van der Waals surface area contributed by atoms with Crippen LogP contribution in [0.1, 0.15) is 18.5 Å². The first-order valence-electron chi connectivity index (χ1n) is 7.40. The van der Waals surface area contributed by atoms with E-state index < -0.39 is 0 Å². The van der Waals surface area contributed by atoms with Crippen molar-refractivity contribution >= 4 is 28.4 Å². The number of nitrogens with zero attached hydrogens (tertiary/aromatic N) is 2. The number of nitrogens with one attached hydrogen (secondary N) is 1. The molecule has 0 aliphatic carbocycles. The fourth-order valence-corrected chi connectivity index (χ4v) is 2.95. The summed E-state index contributed by atoms with van der Waals surface area (Å²) in [7, 11) is 0. The van der Waals surface area contributed by atoms with E-state index in [1.165, 1.54) is 22.5 Å². The van der Waals surface area contributed by atoms with Crippen LogP contribution in [0.25, 0.3) is 10.8 Å². The third kappa shape index (κ3) is 4.07. The lowest BCUT2D eigenvalue weighted by Gasteiger charge is -2.15. The normalized spacial score (nSPS) is 12.0. The van der Waals surface area contributed by atoms with Crippen LogP contribution in [0.15, 0.2) is 66.1 Å². The highest BCUT2D eigenvalue weighted by molar-refractivity contribution is 7.99. The number of carbonyl (C=O) groups is 1. The van der Waals surface area contributed by atoms with Crippen molar-refractivity contribution < 1.29 is 4.79 Å². The molecule has 1 atom stereocenters. The molecule has 1 unspecified atom stereocenters. The van der Waals surface area contributed by atoms with E-state index in [1.807, 2.05) is 19.1 Å². The van der Waals surface area contributed by atoms with Gasteiger partial charge < -0.3 is 5.32 Å². The van der Waals surface area contributed by atoms with Crippen LogP contribution in [0.5, 0.6) is 0 Å². The Morgan fingerprint density at radius 3 is 2.61 bits per heavy atom. The number of thioether (sulfide) groups is 1. The van der Waals surface area contributed by atoms with Gasteiger partial charge in [-0.05, 0) is 35.4 Å². The quantitative estimate of drug-likeness (QED) is 0.576. The van der Waals surface area contributed by atoms with Crippen LogP contribution < -0.4 is 5.32 Å². The third-order valence-electron chi connectivity index (χ3n) is 3.53. The number of rotatable bonds is 5. The van der Waals surface area contributed by atoms with Crippen LogP contribution >= 0.6 is 11.8 Å². The maximum absolute atomic E-state index is 12.1. The fraction of sp³-hybridized carbons (Fsp3) is 0.167. The zero-order valence-electron chi connectivity index (χ0n) is 12.8. The van der Waals surface area contributed by atoms with E-state index in [2.05, 4.69) is 45.6 Å². The monoisotopic (exact) mass is 323 g/mol. The van der Waals surface area contributed by atoms with E-state index in [0.29, 0.717) is 10.9 Å². The van der Waals surface area contributed by atoms with Gasteiger partial charge in [0, 0.05) is 12.4 Å². The van der Waals surface area contributed by atoms with E-state index in [1.54, 1.807) is 18.5 Å². The van der Waals surface area contributed by atoms with Gasteiger partial charge in [-0.2, -0.15) is 0 Å². The summed E-state index contributed by atoms with van der Waals surface area (Å²) in [5.41, 5.74) is 1.10. The van der Waals surface area contributed by atoms with Crippen molar-refractivity contribution in [1.29, 1.82) is 0 Å². The van der Waals surface area contributed by atoms with E-state index in [-0.39, 0.29) is 11.9 Å². The Bertz CT molecular complexity index is 807. The second kappa shape index (κ2) is 7.24. The highest BCUT2D eigenvalue weighted by atomic mass is 32.2. The summed E-state index contributed by atoms with van der Waals surface area (Å²) in [6.45, 7) is 1.99. The van der Waals surface area contributed by atoms with Gasteiger partial charge in [0.25, 0.3) is 0 Å². The zero-order chi connectivity index (χ0) is 16.1. The van der Waals surface area contributed by atoms with Gasteiger partial charge in [0.1, 0.15) is 0 Å². The Labute approximate surface area is 139 Å². The number of amides is 1. The molecule has 0 radical (unpaired) electrons. The minimum absolute atomic E-state index is 0.0249. The van der Waals surface area contributed by atoms with Crippen LogP contribution in [-0.4, -0.2) is 21.6 Å². The molecule has 0 spiro atoms. The predicted octanol–water partition coefficient (Wildman–Crippen LogP) is 3.60. The van der Waals surface area contributed by atoms with E-state index in [0.717, 1.165) is 5.56 Å². The maximum Gasteiger partial charge on any atom is 0.230 e. The van der Waals surface area contributed by atoms with Crippen molar-refractivity contribution in [3.8, 4) is 0 Å². The average molecular weight is 323 g/mol. The van der Waals surface area contributed by atoms with Crippen LogP contribution in [0.4, 0.5) is 0 Å². The minimum atomic E-state index is -0.0376. The van der Waals surface area contributed by atoms with Gasteiger partial charge in [-0.25, -0.2) is 9.97 Å². The number of hydrogen-bond donors (Lipinski definition) is 1. The minimum Gasteiger partial charge on any atom is -0.349 e. The standard InChI is InChI=1S/C18H17N3OS/c1-13(15-8-7-14-5-2-3-6-16(14)11-15)21-17(22)12-23-18-19-9-4-10-20-18/h2-11,13H,12H2,1H3,(H,21,22).